The fourth-order valence-corrected chi connectivity index (χ4v) is 14.5. The smallest absolute Gasteiger partial charge is 0.165 e. The van der Waals surface area contributed by atoms with Crippen LogP contribution in [-0.2, 0) is 27.1 Å². The molecule has 1 aliphatic rings. The summed E-state index contributed by atoms with van der Waals surface area (Å²) >= 11 is 0. The lowest BCUT2D eigenvalue weighted by atomic mass is 9.64. The molecule has 6 nitrogen and oxygen atoms in total. The Kier molecular flexibility index (Phi) is 17.2. The Morgan fingerprint density at radius 1 is 0.467 bits per heavy atom. The fourth-order valence-electron chi connectivity index (χ4n) is 14.5. The highest BCUT2D eigenvalue weighted by molar-refractivity contribution is 6.12. The summed E-state index contributed by atoms with van der Waals surface area (Å²) in [7, 11) is 0. The number of hydrogen-bond donors (Lipinski definition) is 2. The second-order valence-electron chi connectivity index (χ2n) is 34.4. The molecule has 0 aliphatic heterocycles. The molecule has 92 heavy (non-hydrogen) atoms. The molecular formula is C83H101F3N2O4. The van der Waals surface area contributed by atoms with E-state index in [0.29, 0.717) is 34.7 Å². The van der Waals surface area contributed by atoms with Crippen molar-refractivity contribution in [3.8, 4) is 34.1 Å². The first-order chi connectivity index (χ1) is 42.4. The van der Waals surface area contributed by atoms with E-state index in [1.54, 1.807) is 24.3 Å². The number of nitrogens with zero attached hydrogens (tertiary/aromatic N) is 2. The van der Waals surface area contributed by atoms with Gasteiger partial charge in [0.05, 0.1) is 46.7 Å². The van der Waals surface area contributed by atoms with Crippen LogP contribution in [0, 0.1) is 27.9 Å². The number of rotatable bonds is 14. The van der Waals surface area contributed by atoms with Crippen LogP contribution in [-0.4, -0.2) is 44.3 Å². The van der Waals surface area contributed by atoms with Gasteiger partial charge in [-0.2, -0.15) is 0 Å². The number of allylic oxidation sites excluding steroid dienone is 2. The van der Waals surface area contributed by atoms with Gasteiger partial charge in [0.25, 0.3) is 0 Å². The highest BCUT2D eigenvalue weighted by atomic mass is 19.1. The molecule has 2 aromatic heterocycles. The number of fused-ring (bicyclic) bond motifs is 6. The standard InChI is InChI=1S/C83H101F3N2O4/c1-75(2,3)48-81(19,20)54-39-62(72(89)69(44-54)87-65-40-50(77(7,8)9)27-32-56(65)57-33-28-51(41-66(57)87)78(10,11)12)61-45-55(84)31-36-71(61)91-37-24-38-92-74-60(25-23-26-64(74)85)63-46-83(86,82(21,22)49-76(4,5)6)47-70(73(63)90)88-67-42-52(79(13,14)15)29-34-58(67)59-35-30-53(43-68(59)88)80(16,17)18/h23,25-36,39-47,73,89-90H,24,37-38,48-49H2,1-22H3. The summed E-state index contributed by atoms with van der Waals surface area (Å²) in [5, 5.41) is 30.3. The molecule has 0 saturated heterocycles. The summed E-state index contributed by atoms with van der Waals surface area (Å²) in [5.41, 5.74) is 6.45. The van der Waals surface area contributed by atoms with E-state index in [1.807, 2.05) is 24.5 Å². The van der Waals surface area contributed by atoms with Crippen molar-refractivity contribution in [2.45, 2.75) is 210 Å². The fraction of sp³-hybridized carbons (Fsp3) is 0.446. The van der Waals surface area contributed by atoms with Gasteiger partial charge >= 0.3 is 0 Å². The van der Waals surface area contributed by atoms with Gasteiger partial charge in [0.15, 0.2) is 17.2 Å². The molecule has 2 N–H and O–H groups in total. The average Bonchev–Trinajstić information content (AvgIpc) is 1.47. The monoisotopic (exact) mass is 1250 g/mol. The quantitative estimate of drug-likeness (QED) is 0.106. The molecule has 0 bridgehead atoms. The zero-order valence-corrected chi connectivity index (χ0v) is 59.1. The number of phenolic OH excluding ortho intramolecular Hbond substituents is 1. The Morgan fingerprint density at radius 2 is 0.924 bits per heavy atom. The van der Waals surface area contributed by atoms with Gasteiger partial charge in [0, 0.05) is 50.1 Å². The van der Waals surface area contributed by atoms with Crippen LogP contribution in [0.25, 0.3) is 71.7 Å². The number of benzene rings is 7. The largest absolute Gasteiger partial charge is 0.505 e. The molecule has 7 aromatic carbocycles. The van der Waals surface area contributed by atoms with Crippen molar-refractivity contribution in [1.82, 2.24) is 9.13 Å². The number of hydrogen-bond acceptors (Lipinski definition) is 4. The van der Waals surface area contributed by atoms with Crippen LogP contribution in [0.2, 0.25) is 0 Å². The van der Waals surface area contributed by atoms with Crippen LogP contribution < -0.4 is 9.47 Å². The molecule has 1 aliphatic carbocycles. The molecule has 10 rings (SSSR count). The molecular weight excluding hydrogens is 1150 g/mol. The second kappa shape index (κ2) is 23.4. The topological polar surface area (TPSA) is 68.8 Å². The lowest BCUT2D eigenvalue weighted by Crippen LogP contribution is -2.43. The molecule has 9 aromatic rings. The Hall–Kier alpha value is -7.23. The SMILES string of the molecule is CC(C)(C)CC(C)(C)c1cc(-c2cc(F)ccc2OCCCOc2c(F)cccc2C2=CC(F)(C(C)(C)CC(C)(C)C)C=C(n3c4cc(C(C)(C)C)ccc4c4ccc(C(C)(C)C)cc43)C2O)c(O)c(-n2c3cc(C(C)(C)C)ccc3c3ccc(C(C)(C)C)cc32)c1. The molecule has 488 valence electrons. The molecule has 9 heteroatoms. The van der Waals surface area contributed by atoms with E-state index in [2.05, 4.69) is 222 Å². The number of aliphatic hydroxyl groups excluding tert-OH is 1. The highest BCUT2D eigenvalue weighted by Gasteiger charge is 2.49. The summed E-state index contributed by atoms with van der Waals surface area (Å²) in [5.74, 6) is -0.958. The minimum Gasteiger partial charge on any atom is -0.505 e. The van der Waals surface area contributed by atoms with E-state index in [1.165, 1.54) is 24.3 Å². The van der Waals surface area contributed by atoms with Gasteiger partial charge in [-0.05, 0) is 157 Å². The predicted octanol–water partition coefficient (Wildman–Crippen LogP) is 22.8. The molecule has 0 radical (unpaired) electrons. The predicted molar refractivity (Wildman–Crippen MR) is 381 cm³/mol. The number of phenols is 1. The van der Waals surface area contributed by atoms with E-state index in [9.17, 15) is 10.2 Å². The van der Waals surface area contributed by atoms with Gasteiger partial charge in [-0.1, -0.05) is 213 Å². The lowest BCUT2D eigenvalue weighted by molar-refractivity contribution is 0.0631. The normalized spacial score (nSPS) is 16.7. The summed E-state index contributed by atoms with van der Waals surface area (Å²) in [6.45, 7) is 47.6. The first-order valence-electron chi connectivity index (χ1n) is 33.1. The Bertz CT molecular complexity index is 4250. The maximum Gasteiger partial charge on any atom is 0.165 e. The van der Waals surface area contributed by atoms with Gasteiger partial charge in [-0.25, -0.2) is 13.2 Å². The first-order valence-corrected chi connectivity index (χ1v) is 33.1. The van der Waals surface area contributed by atoms with E-state index < -0.39 is 34.2 Å². The van der Waals surface area contributed by atoms with E-state index >= 15 is 13.2 Å². The minimum atomic E-state index is -2.15. The molecule has 2 unspecified atom stereocenters. The first kappa shape index (κ1) is 67.7. The van der Waals surface area contributed by atoms with E-state index in [4.69, 9.17) is 9.47 Å². The van der Waals surface area contributed by atoms with Crippen molar-refractivity contribution in [2.24, 2.45) is 16.2 Å². The highest BCUT2D eigenvalue weighted by Crippen LogP contribution is 2.54. The summed E-state index contributed by atoms with van der Waals surface area (Å²) in [6.07, 6.45) is 3.23. The number of halogens is 3. The van der Waals surface area contributed by atoms with Crippen LogP contribution >= 0.6 is 0 Å². The number of para-hydroxylation sites is 1. The van der Waals surface area contributed by atoms with Crippen LogP contribution in [0.3, 0.4) is 0 Å². The second-order valence-corrected chi connectivity index (χ2v) is 34.4. The van der Waals surface area contributed by atoms with Gasteiger partial charge < -0.3 is 28.8 Å². The van der Waals surface area contributed by atoms with E-state index in [-0.39, 0.29) is 74.8 Å². The number of ether oxygens (including phenoxy) is 2. The van der Waals surface area contributed by atoms with Crippen molar-refractivity contribution in [1.29, 1.82) is 0 Å². The number of alkyl halides is 1. The molecule has 0 fully saturated rings. The Morgan fingerprint density at radius 3 is 1.38 bits per heavy atom. The van der Waals surface area contributed by atoms with Gasteiger partial charge in [-0.3, -0.25) is 0 Å². The molecule has 0 spiro atoms. The molecule has 0 amide bonds. The third-order valence-corrected chi connectivity index (χ3v) is 19.0. The minimum absolute atomic E-state index is 0.0222. The van der Waals surface area contributed by atoms with Crippen molar-refractivity contribution in [3.05, 3.63) is 178 Å². The van der Waals surface area contributed by atoms with Crippen LogP contribution in [0.5, 0.6) is 17.2 Å². The maximum atomic E-state index is 19.1. The lowest BCUT2D eigenvalue weighted by Gasteiger charge is -2.44. The summed E-state index contributed by atoms with van der Waals surface area (Å²) in [6, 6.07) is 39.2. The van der Waals surface area contributed by atoms with Crippen molar-refractivity contribution in [2.75, 3.05) is 13.2 Å². The average molecular weight is 1250 g/mol. The van der Waals surface area contributed by atoms with Crippen molar-refractivity contribution >= 4 is 54.9 Å². The van der Waals surface area contributed by atoms with Crippen LogP contribution in [0.1, 0.15) is 205 Å². The Balaban J connectivity index is 1.04. The van der Waals surface area contributed by atoms with Gasteiger partial charge in [0.2, 0.25) is 0 Å². The molecule has 2 atom stereocenters. The van der Waals surface area contributed by atoms with E-state index in [0.717, 1.165) is 77.8 Å². The number of aliphatic hydroxyl groups is 1. The van der Waals surface area contributed by atoms with Crippen molar-refractivity contribution in [3.63, 3.8) is 0 Å². The molecule has 2 heterocycles. The van der Waals surface area contributed by atoms with Gasteiger partial charge in [-0.15, -0.1) is 0 Å². The third kappa shape index (κ3) is 13.2. The zero-order chi connectivity index (χ0) is 67.6. The van der Waals surface area contributed by atoms with Crippen LogP contribution in [0.15, 0.2) is 133 Å². The number of aromatic nitrogens is 2. The third-order valence-electron chi connectivity index (χ3n) is 19.0. The Labute approximate surface area is 546 Å². The zero-order valence-electron chi connectivity index (χ0n) is 59.1. The molecule has 0 saturated carbocycles. The summed E-state index contributed by atoms with van der Waals surface area (Å²) < 4.78 is 69.3. The van der Waals surface area contributed by atoms with Crippen LogP contribution in [0.4, 0.5) is 13.2 Å². The van der Waals surface area contributed by atoms with Gasteiger partial charge in [0.1, 0.15) is 23.4 Å². The number of aromatic hydroxyl groups is 1. The van der Waals surface area contributed by atoms with Crippen molar-refractivity contribution < 1.29 is 32.9 Å². The summed E-state index contributed by atoms with van der Waals surface area (Å²) in [4.78, 5) is 0. The maximum absolute atomic E-state index is 19.1.